The summed E-state index contributed by atoms with van der Waals surface area (Å²) in [6, 6.07) is 4.89. The van der Waals surface area contributed by atoms with Crippen LogP contribution >= 0.6 is 11.6 Å². The summed E-state index contributed by atoms with van der Waals surface area (Å²) < 4.78 is 47.6. The number of hydrogen-bond donors (Lipinski definition) is 1. The first-order chi connectivity index (χ1) is 13.8. The zero-order valence-corrected chi connectivity index (χ0v) is 16.0. The number of pyridine rings is 1. The Labute approximate surface area is 169 Å². The number of benzene rings is 1. The van der Waals surface area contributed by atoms with Crippen LogP contribution in [-0.4, -0.2) is 43.1 Å². The van der Waals surface area contributed by atoms with E-state index in [9.17, 15) is 18.0 Å². The lowest BCUT2D eigenvalue weighted by Gasteiger charge is -2.33. The molecule has 152 valence electrons. The number of rotatable bonds is 4. The number of alkyl halides is 2. The smallest absolute Gasteiger partial charge is 0.274 e. The fourth-order valence-electron chi connectivity index (χ4n) is 2.94. The molecule has 1 amide bonds. The van der Waals surface area contributed by atoms with E-state index < -0.39 is 35.9 Å². The van der Waals surface area contributed by atoms with Crippen molar-refractivity contribution >= 4 is 35.7 Å². The maximum atomic E-state index is 14.5. The van der Waals surface area contributed by atoms with E-state index in [1.165, 1.54) is 12.3 Å². The summed E-state index contributed by atoms with van der Waals surface area (Å²) >= 11 is 5.83. The van der Waals surface area contributed by atoms with E-state index in [2.05, 4.69) is 27.0 Å². The predicted molar refractivity (Wildman–Crippen MR) is 104 cm³/mol. The first kappa shape index (κ1) is 20.9. The quantitative estimate of drug-likeness (QED) is 0.753. The predicted octanol–water partition coefficient (Wildman–Crippen LogP) is 4.02. The molecular formula is C19H16ClF3N4O2. The van der Waals surface area contributed by atoms with Crippen LogP contribution < -0.4 is 5.32 Å². The van der Waals surface area contributed by atoms with Crippen LogP contribution in [0.25, 0.3) is 0 Å². The number of aliphatic imine (C=N–C) groups is 2. The lowest BCUT2D eigenvalue weighted by atomic mass is 9.90. The SMILES string of the molecule is C=NC1=NC(c2cc(NC(=O)c3ncc(Cl)cc3C)ccc2F)(C(F)F)COC1. The van der Waals surface area contributed by atoms with Crippen molar-refractivity contribution in [3.05, 3.63) is 58.1 Å². The minimum atomic E-state index is -3.08. The molecule has 1 unspecified atom stereocenters. The van der Waals surface area contributed by atoms with Gasteiger partial charge in [0.25, 0.3) is 12.3 Å². The van der Waals surface area contributed by atoms with Gasteiger partial charge >= 0.3 is 0 Å². The molecule has 1 aromatic heterocycles. The van der Waals surface area contributed by atoms with E-state index in [1.807, 2.05) is 0 Å². The Hall–Kier alpha value is -2.78. The standard InChI is InChI=1S/C19H16ClF3N4O2/c1-10-5-11(20)7-25-16(10)17(28)26-12-3-4-14(21)13(6-12)19(18(22)23)9-29-8-15(24-2)27-19/h3-7,18H,2,8-9H2,1H3,(H,26,28). The van der Waals surface area contributed by atoms with Crippen LogP contribution in [0.1, 0.15) is 21.6 Å². The molecule has 2 heterocycles. The molecule has 1 aliphatic heterocycles. The zero-order chi connectivity index (χ0) is 21.2. The molecule has 0 fully saturated rings. The Morgan fingerprint density at radius 1 is 1.41 bits per heavy atom. The van der Waals surface area contributed by atoms with Crippen LogP contribution in [0.4, 0.5) is 18.9 Å². The Morgan fingerprint density at radius 2 is 2.17 bits per heavy atom. The molecule has 0 spiro atoms. The molecule has 0 aliphatic carbocycles. The third-order valence-electron chi connectivity index (χ3n) is 4.38. The van der Waals surface area contributed by atoms with E-state index in [0.29, 0.717) is 10.6 Å². The number of anilines is 1. The molecule has 10 heteroatoms. The van der Waals surface area contributed by atoms with Crippen molar-refractivity contribution in [2.45, 2.75) is 18.9 Å². The van der Waals surface area contributed by atoms with Crippen LogP contribution in [-0.2, 0) is 10.3 Å². The van der Waals surface area contributed by atoms with Crippen molar-refractivity contribution in [2.75, 3.05) is 18.5 Å². The Kier molecular flexibility index (Phi) is 5.99. The average Bonchev–Trinajstić information content (AvgIpc) is 2.69. The summed E-state index contributed by atoms with van der Waals surface area (Å²) in [4.78, 5) is 23.9. The van der Waals surface area contributed by atoms with Gasteiger partial charge in [0.15, 0.2) is 5.54 Å². The highest BCUT2D eigenvalue weighted by Gasteiger charge is 2.46. The zero-order valence-electron chi connectivity index (χ0n) is 15.3. The second kappa shape index (κ2) is 8.30. The summed E-state index contributed by atoms with van der Waals surface area (Å²) in [5.74, 6) is -1.58. The molecular weight excluding hydrogens is 409 g/mol. The molecule has 1 N–H and O–H groups in total. The van der Waals surface area contributed by atoms with Gasteiger partial charge in [0, 0.05) is 17.4 Å². The molecule has 6 nitrogen and oxygen atoms in total. The maximum absolute atomic E-state index is 14.5. The normalized spacial score (nSPS) is 19.0. The average molecular weight is 425 g/mol. The second-order valence-electron chi connectivity index (χ2n) is 6.37. The monoisotopic (exact) mass is 424 g/mol. The number of carbonyl (C=O) groups is 1. The molecule has 2 aromatic rings. The largest absolute Gasteiger partial charge is 0.370 e. The number of aromatic nitrogens is 1. The van der Waals surface area contributed by atoms with Gasteiger partial charge in [0.2, 0.25) is 0 Å². The lowest BCUT2D eigenvalue weighted by molar-refractivity contribution is -0.0145. The molecule has 3 rings (SSSR count). The minimum Gasteiger partial charge on any atom is -0.370 e. The lowest BCUT2D eigenvalue weighted by Crippen LogP contribution is -2.43. The first-order valence-corrected chi connectivity index (χ1v) is 8.79. The van der Waals surface area contributed by atoms with Crippen molar-refractivity contribution in [1.29, 1.82) is 0 Å². The molecule has 0 saturated heterocycles. The van der Waals surface area contributed by atoms with Gasteiger partial charge in [-0.15, -0.1) is 0 Å². The number of nitrogens with one attached hydrogen (secondary N) is 1. The Morgan fingerprint density at radius 3 is 2.83 bits per heavy atom. The maximum Gasteiger partial charge on any atom is 0.274 e. The number of nitrogens with zero attached hydrogens (tertiary/aromatic N) is 3. The number of amides is 1. The van der Waals surface area contributed by atoms with Crippen LogP contribution in [0.5, 0.6) is 0 Å². The van der Waals surface area contributed by atoms with Crippen molar-refractivity contribution < 1.29 is 22.7 Å². The topological polar surface area (TPSA) is 75.9 Å². The third kappa shape index (κ3) is 4.15. The van der Waals surface area contributed by atoms with Crippen LogP contribution in [0.15, 0.2) is 40.4 Å². The summed E-state index contributed by atoms with van der Waals surface area (Å²) in [5, 5.41) is 2.89. The third-order valence-corrected chi connectivity index (χ3v) is 4.58. The van der Waals surface area contributed by atoms with E-state index >= 15 is 0 Å². The summed E-state index contributed by atoms with van der Waals surface area (Å²) in [5.41, 5.74) is -2.01. The molecule has 29 heavy (non-hydrogen) atoms. The van der Waals surface area contributed by atoms with E-state index in [1.54, 1.807) is 13.0 Å². The van der Waals surface area contributed by atoms with Gasteiger partial charge in [-0.3, -0.25) is 4.79 Å². The van der Waals surface area contributed by atoms with Crippen molar-refractivity contribution in [2.24, 2.45) is 9.98 Å². The van der Waals surface area contributed by atoms with E-state index in [-0.39, 0.29) is 23.8 Å². The van der Waals surface area contributed by atoms with Crippen LogP contribution in [0.2, 0.25) is 5.02 Å². The van der Waals surface area contributed by atoms with Gasteiger partial charge in [-0.25, -0.2) is 28.1 Å². The molecule has 1 aliphatic rings. The van der Waals surface area contributed by atoms with Crippen LogP contribution in [0.3, 0.4) is 0 Å². The first-order valence-electron chi connectivity index (χ1n) is 8.41. The number of hydrogen-bond acceptors (Lipinski definition) is 5. The number of ether oxygens (including phenoxy) is 1. The highest BCUT2D eigenvalue weighted by Crippen LogP contribution is 2.38. The molecule has 0 bridgehead atoms. The molecule has 0 saturated carbocycles. The molecule has 1 atom stereocenters. The van der Waals surface area contributed by atoms with E-state index in [4.69, 9.17) is 16.3 Å². The number of aryl methyl sites for hydroxylation is 1. The van der Waals surface area contributed by atoms with Gasteiger partial charge in [-0.2, -0.15) is 0 Å². The van der Waals surface area contributed by atoms with E-state index in [0.717, 1.165) is 12.1 Å². The van der Waals surface area contributed by atoms with Crippen molar-refractivity contribution in [3.8, 4) is 0 Å². The summed E-state index contributed by atoms with van der Waals surface area (Å²) in [7, 11) is 0. The Balaban J connectivity index is 1.99. The van der Waals surface area contributed by atoms with Gasteiger partial charge in [-0.05, 0) is 43.5 Å². The highest BCUT2D eigenvalue weighted by atomic mass is 35.5. The number of amidine groups is 1. The minimum absolute atomic E-state index is 0.0635. The molecule has 1 aromatic carbocycles. The van der Waals surface area contributed by atoms with Crippen molar-refractivity contribution in [3.63, 3.8) is 0 Å². The second-order valence-corrected chi connectivity index (χ2v) is 6.81. The van der Waals surface area contributed by atoms with Gasteiger partial charge in [-0.1, -0.05) is 11.6 Å². The van der Waals surface area contributed by atoms with Gasteiger partial charge < -0.3 is 10.1 Å². The van der Waals surface area contributed by atoms with Crippen LogP contribution in [0, 0.1) is 12.7 Å². The summed E-state index contributed by atoms with van der Waals surface area (Å²) in [6.45, 7) is 4.26. The molecule has 0 radical (unpaired) electrons. The number of halogens is 4. The van der Waals surface area contributed by atoms with Gasteiger partial charge in [0.05, 0.1) is 11.6 Å². The number of carbonyl (C=O) groups excluding carboxylic acids is 1. The highest BCUT2D eigenvalue weighted by molar-refractivity contribution is 6.30. The Bertz CT molecular complexity index is 999. The van der Waals surface area contributed by atoms with Crippen molar-refractivity contribution in [1.82, 2.24) is 4.98 Å². The fraction of sp³-hybridized carbons (Fsp3) is 0.263. The van der Waals surface area contributed by atoms with Gasteiger partial charge in [0.1, 0.15) is 24.0 Å². The summed E-state index contributed by atoms with van der Waals surface area (Å²) in [6.07, 6.45) is -1.77. The fourth-order valence-corrected chi connectivity index (χ4v) is 3.16.